The van der Waals surface area contributed by atoms with Crippen LogP contribution in [-0.2, 0) is 5.67 Å². The maximum absolute atomic E-state index is 14.1. The van der Waals surface area contributed by atoms with Gasteiger partial charge in [0.05, 0.1) is 0 Å². The quantitative estimate of drug-likeness (QED) is 0.631. The number of hydrogen-bond acceptors (Lipinski definition) is 1. The van der Waals surface area contributed by atoms with E-state index in [9.17, 15) is 43.9 Å². The van der Waals surface area contributed by atoms with Crippen LogP contribution in [0.3, 0.4) is 0 Å². The Labute approximate surface area is 116 Å². The number of alkyl halides is 10. The van der Waals surface area contributed by atoms with Gasteiger partial charge in [0.15, 0.2) is 0 Å². The van der Waals surface area contributed by atoms with Crippen LogP contribution in [-0.4, -0.2) is 24.4 Å². The highest BCUT2D eigenvalue weighted by Gasteiger charge is 2.83. The summed E-state index contributed by atoms with van der Waals surface area (Å²) in [4.78, 5) is 0. The summed E-state index contributed by atoms with van der Waals surface area (Å²) >= 11 is 0. The van der Waals surface area contributed by atoms with E-state index in [-0.39, 0.29) is 12.1 Å². The first-order chi connectivity index (χ1) is 9.69. The third-order valence-corrected chi connectivity index (χ3v) is 2.81. The van der Waals surface area contributed by atoms with E-state index in [2.05, 4.69) is 0 Å². The summed E-state index contributed by atoms with van der Waals surface area (Å²) in [5.74, 6) is -13.8. The van der Waals surface area contributed by atoms with Crippen LogP contribution in [0.1, 0.15) is 5.56 Å². The molecule has 0 spiro atoms. The van der Waals surface area contributed by atoms with Crippen LogP contribution in [0, 0.1) is 0 Å². The Kier molecular flexibility index (Phi) is 4.34. The van der Waals surface area contributed by atoms with Crippen molar-refractivity contribution in [1.29, 1.82) is 0 Å². The monoisotopic (exact) mass is 343 g/mol. The molecule has 0 saturated carbocycles. The van der Waals surface area contributed by atoms with Crippen LogP contribution in [0.15, 0.2) is 24.3 Å². The number of anilines is 1. The minimum atomic E-state index is -7.03. The molecule has 11 heteroatoms. The van der Waals surface area contributed by atoms with E-state index in [1.165, 1.54) is 0 Å². The maximum atomic E-state index is 14.1. The molecule has 0 aliphatic carbocycles. The van der Waals surface area contributed by atoms with Crippen molar-refractivity contribution in [3.8, 4) is 0 Å². The number of benzene rings is 1. The van der Waals surface area contributed by atoms with E-state index in [0.29, 0.717) is 6.07 Å². The van der Waals surface area contributed by atoms with Crippen molar-refractivity contribution >= 4 is 5.69 Å². The largest absolute Gasteiger partial charge is 0.460 e. The molecule has 1 atom stereocenters. The van der Waals surface area contributed by atoms with Gasteiger partial charge in [0.1, 0.15) is 0 Å². The second-order valence-corrected chi connectivity index (χ2v) is 4.28. The van der Waals surface area contributed by atoms with Crippen molar-refractivity contribution in [2.45, 2.75) is 30.1 Å². The van der Waals surface area contributed by atoms with Crippen LogP contribution in [0.4, 0.5) is 49.6 Å². The number of rotatable bonds is 4. The first kappa shape index (κ1) is 18.4. The topological polar surface area (TPSA) is 26.0 Å². The number of nitrogens with two attached hydrogens (primary N) is 1. The lowest BCUT2D eigenvalue weighted by atomic mass is 9.85. The predicted molar refractivity (Wildman–Crippen MR) is 55.6 cm³/mol. The second-order valence-electron chi connectivity index (χ2n) is 4.28. The SMILES string of the molecule is Nc1cccc(C(F)(C(F)F)C(F)(F)C(F)(F)C(F)(F)F)c1. The summed E-state index contributed by atoms with van der Waals surface area (Å²) < 4.78 is 128. The van der Waals surface area contributed by atoms with Gasteiger partial charge < -0.3 is 5.73 Å². The number of halogens is 10. The van der Waals surface area contributed by atoms with Crippen molar-refractivity contribution in [3.63, 3.8) is 0 Å². The third kappa shape index (κ3) is 2.45. The van der Waals surface area contributed by atoms with Crippen molar-refractivity contribution in [3.05, 3.63) is 29.8 Å². The molecule has 0 aromatic heterocycles. The molecule has 0 saturated heterocycles. The first-order valence-corrected chi connectivity index (χ1v) is 5.35. The molecule has 0 heterocycles. The molecule has 0 amide bonds. The van der Waals surface area contributed by atoms with E-state index < -0.39 is 41.4 Å². The second kappa shape index (κ2) is 5.20. The molecule has 0 aliphatic rings. The summed E-state index contributed by atoms with van der Waals surface area (Å²) in [6.45, 7) is 0. The van der Waals surface area contributed by atoms with Crippen LogP contribution >= 0.6 is 0 Å². The Bertz CT molecular complexity index is 538. The standard InChI is InChI=1S/C11H7F10N/c12-7(13)8(14,5-2-1-3-6(22)4-5)9(15,16)10(17,18)11(19,20)21/h1-4,7H,22H2. The molecular formula is C11H7F10N. The van der Waals surface area contributed by atoms with Crippen LogP contribution < -0.4 is 5.73 Å². The molecule has 126 valence electrons. The minimum Gasteiger partial charge on any atom is -0.399 e. The molecule has 1 rings (SSSR count). The fraction of sp³-hybridized carbons (Fsp3) is 0.455. The number of nitrogen functional groups attached to an aromatic ring is 1. The van der Waals surface area contributed by atoms with E-state index >= 15 is 0 Å². The normalized spacial score (nSPS) is 16.7. The smallest absolute Gasteiger partial charge is 0.399 e. The highest BCUT2D eigenvalue weighted by atomic mass is 19.4. The van der Waals surface area contributed by atoms with Crippen molar-refractivity contribution in [1.82, 2.24) is 0 Å². The predicted octanol–water partition coefficient (Wildman–Crippen LogP) is 4.53. The zero-order valence-corrected chi connectivity index (χ0v) is 10.2. The molecule has 1 aromatic carbocycles. The van der Waals surface area contributed by atoms with E-state index in [1.807, 2.05) is 0 Å². The Balaban J connectivity index is 3.61. The van der Waals surface area contributed by atoms with Crippen molar-refractivity contribution in [2.75, 3.05) is 5.73 Å². The molecule has 1 aromatic rings. The zero-order chi connectivity index (χ0) is 17.6. The maximum Gasteiger partial charge on any atom is 0.460 e. The van der Waals surface area contributed by atoms with Gasteiger partial charge in [-0.3, -0.25) is 0 Å². The van der Waals surface area contributed by atoms with Gasteiger partial charge in [-0.15, -0.1) is 0 Å². The Morgan fingerprint density at radius 1 is 0.818 bits per heavy atom. The van der Waals surface area contributed by atoms with Gasteiger partial charge in [-0.2, -0.15) is 30.7 Å². The molecule has 0 fully saturated rings. The molecule has 0 aliphatic heterocycles. The lowest BCUT2D eigenvalue weighted by Gasteiger charge is -2.38. The van der Waals surface area contributed by atoms with Crippen molar-refractivity contribution in [2.24, 2.45) is 0 Å². The van der Waals surface area contributed by atoms with Crippen LogP contribution in [0.2, 0.25) is 0 Å². The molecule has 0 radical (unpaired) electrons. The van der Waals surface area contributed by atoms with Crippen molar-refractivity contribution < 1.29 is 43.9 Å². The number of hydrogen-bond donors (Lipinski definition) is 1. The Morgan fingerprint density at radius 3 is 1.68 bits per heavy atom. The molecule has 22 heavy (non-hydrogen) atoms. The van der Waals surface area contributed by atoms with Gasteiger partial charge in [-0.25, -0.2) is 13.2 Å². The van der Waals surface area contributed by atoms with Gasteiger partial charge in [0, 0.05) is 11.3 Å². The fourth-order valence-corrected chi connectivity index (χ4v) is 1.62. The molecule has 0 bridgehead atoms. The lowest BCUT2D eigenvalue weighted by molar-refractivity contribution is -0.392. The summed E-state index contributed by atoms with van der Waals surface area (Å²) in [5, 5.41) is 0. The average Bonchev–Trinajstić information content (AvgIpc) is 2.35. The van der Waals surface area contributed by atoms with Gasteiger partial charge in [-0.05, 0) is 12.1 Å². The summed E-state index contributed by atoms with van der Waals surface area (Å²) in [6, 6.07) is 1.91. The van der Waals surface area contributed by atoms with Crippen LogP contribution in [0.5, 0.6) is 0 Å². The van der Waals surface area contributed by atoms with Gasteiger partial charge in [-0.1, -0.05) is 12.1 Å². The van der Waals surface area contributed by atoms with E-state index in [1.54, 1.807) is 0 Å². The average molecular weight is 343 g/mol. The van der Waals surface area contributed by atoms with Crippen LogP contribution in [0.25, 0.3) is 0 Å². The summed E-state index contributed by atoms with van der Waals surface area (Å²) in [5.41, 5.74) is -2.94. The van der Waals surface area contributed by atoms with Gasteiger partial charge in [0.25, 0.3) is 12.1 Å². The Morgan fingerprint density at radius 2 is 1.32 bits per heavy atom. The van der Waals surface area contributed by atoms with Gasteiger partial charge >= 0.3 is 18.0 Å². The summed E-state index contributed by atoms with van der Waals surface area (Å²) in [6.07, 6.45) is -11.8. The van der Waals surface area contributed by atoms with E-state index in [4.69, 9.17) is 5.73 Å². The zero-order valence-electron chi connectivity index (χ0n) is 10.2. The van der Waals surface area contributed by atoms with Gasteiger partial charge in [0.2, 0.25) is 0 Å². The highest BCUT2D eigenvalue weighted by Crippen LogP contribution is 2.58. The molecule has 1 nitrogen and oxygen atoms in total. The summed E-state index contributed by atoms with van der Waals surface area (Å²) in [7, 11) is 0. The minimum absolute atomic E-state index is 0.131. The molecule has 1 unspecified atom stereocenters. The lowest BCUT2D eigenvalue weighted by Crippen LogP contribution is -2.63. The highest BCUT2D eigenvalue weighted by molar-refractivity contribution is 5.44. The first-order valence-electron chi connectivity index (χ1n) is 5.35. The Hall–Kier alpha value is -1.68. The fourth-order valence-electron chi connectivity index (χ4n) is 1.62. The third-order valence-electron chi connectivity index (χ3n) is 2.81. The van der Waals surface area contributed by atoms with E-state index in [0.717, 1.165) is 6.07 Å². The molecule has 2 N–H and O–H groups in total. The molecular weight excluding hydrogens is 336 g/mol.